The summed E-state index contributed by atoms with van der Waals surface area (Å²) in [5.74, 6) is 0. The SMILES string of the molecule is CN=[S@](C)(=O)c1ccc(Cl)cc1. The first-order valence-corrected chi connectivity index (χ1v) is 5.72. The molecule has 0 saturated heterocycles. The van der Waals surface area contributed by atoms with E-state index in [1.807, 2.05) is 0 Å². The maximum Gasteiger partial charge on any atom is 0.0720 e. The van der Waals surface area contributed by atoms with Crippen LogP contribution in [0.25, 0.3) is 0 Å². The first kappa shape index (κ1) is 9.55. The molecule has 0 bridgehead atoms. The van der Waals surface area contributed by atoms with Gasteiger partial charge in [0.15, 0.2) is 0 Å². The lowest BCUT2D eigenvalue weighted by Crippen LogP contribution is -1.95. The Labute approximate surface area is 77.7 Å². The normalized spacial score (nSPS) is 15.2. The van der Waals surface area contributed by atoms with Gasteiger partial charge in [-0.05, 0) is 24.3 Å². The third-order valence-corrected chi connectivity index (χ3v) is 3.69. The van der Waals surface area contributed by atoms with Gasteiger partial charge in [-0.25, -0.2) is 8.57 Å². The Balaban J connectivity index is 3.24. The second-order valence-electron chi connectivity index (χ2n) is 2.44. The van der Waals surface area contributed by atoms with Gasteiger partial charge in [0.1, 0.15) is 0 Å². The van der Waals surface area contributed by atoms with Crippen molar-refractivity contribution in [2.24, 2.45) is 4.36 Å². The van der Waals surface area contributed by atoms with Crippen LogP contribution in [-0.4, -0.2) is 17.5 Å². The van der Waals surface area contributed by atoms with E-state index in [2.05, 4.69) is 4.36 Å². The maximum absolute atomic E-state index is 11.7. The first-order valence-electron chi connectivity index (χ1n) is 3.42. The van der Waals surface area contributed by atoms with Crippen molar-refractivity contribution in [3.63, 3.8) is 0 Å². The van der Waals surface area contributed by atoms with Gasteiger partial charge in [0.2, 0.25) is 0 Å². The van der Waals surface area contributed by atoms with Crippen LogP contribution >= 0.6 is 11.6 Å². The van der Waals surface area contributed by atoms with Crippen LogP contribution in [0.5, 0.6) is 0 Å². The van der Waals surface area contributed by atoms with Crippen LogP contribution in [0, 0.1) is 0 Å². The average molecular weight is 204 g/mol. The molecule has 0 spiro atoms. The molecule has 1 aromatic rings. The van der Waals surface area contributed by atoms with Crippen LogP contribution in [-0.2, 0) is 9.73 Å². The molecule has 0 heterocycles. The van der Waals surface area contributed by atoms with Gasteiger partial charge in [-0.3, -0.25) is 0 Å². The summed E-state index contributed by atoms with van der Waals surface area (Å²) in [6, 6.07) is 6.89. The van der Waals surface area contributed by atoms with Crippen LogP contribution < -0.4 is 0 Å². The van der Waals surface area contributed by atoms with Gasteiger partial charge in [0, 0.05) is 23.2 Å². The molecule has 0 radical (unpaired) electrons. The number of hydrogen-bond acceptors (Lipinski definition) is 2. The second-order valence-corrected chi connectivity index (χ2v) is 5.32. The molecule has 1 atom stereocenters. The molecule has 0 aliphatic rings. The summed E-state index contributed by atoms with van der Waals surface area (Å²) >= 11 is 5.68. The Hall–Kier alpha value is -0.540. The Bertz CT molecular complexity index is 377. The van der Waals surface area contributed by atoms with Gasteiger partial charge < -0.3 is 0 Å². The molecule has 0 amide bonds. The lowest BCUT2D eigenvalue weighted by Gasteiger charge is -2.01. The van der Waals surface area contributed by atoms with Crippen molar-refractivity contribution in [1.29, 1.82) is 0 Å². The van der Waals surface area contributed by atoms with E-state index in [0.717, 1.165) is 4.90 Å². The molecule has 0 N–H and O–H groups in total. The van der Waals surface area contributed by atoms with Gasteiger partial charge in [-0.15, -0.1) is 0 Å². The highest BCUT2D eigenvalue weighted by Gasteiger charge is 2.02. The quantitative estimate of drug-likeness (QED) is 0.690. The number of rotatable bonds is 1. The molecule has 4 heteroatoms. The van der Waals surface area contributed by atoms with Gasteiger partial charge in [0.05, 0.1) is 9.73 Å². The zero-order valence-electron chi connectivity index (χ0n) is 6.95. The summed E-state index contributed by atoms with van der Waals surface area (Å²) in [7, 11) is -0.646. The van der Waals surface area contributed by atoms with Gasteiger partial charge in [-0.2, -0.15) is 0 Å². The van der Waals surface area contributed by atoms with E-state index in [0.29, 0.717) is 5.02 Å². The van der Waals surface area contributed by atoms with Crippen molar-refractivity contribution in [3.8, 4) is 0 Å². The molecule has 2 nitrogen and oxygen atoms in total. The van der Waals surface area contributed by atoms with Crippen LogP contribution in [0.3, 0.4) is 0 Å². The average Bonchev–Trinajstić information content (AvgIpc) is 2.05. The molecular weight excluding hydrogens is 194 g/mol. The zero-order chi connectivity index (χ0) is 9.19. The minimum absolute atomic E-state index is 0.644. The monoisotopic (exact) mass is 203 g/mol. The van der Waals surface area contributed by atoms with E-state index in [4.69, 9.17) is 11.6 Å². The van der Waals surface area contributed by atoms with Gasteiger partial charge in [-0.1, -0.05) is 11.6 Å². The standard InChI is InChI=1S/C8H10ClNOS/c1-10-12(2,11)8-5-3-7(9)4-6-8/h3-6H,1-2H3/t12-/m1/s1. The predicted molar refractivity (Wildman–Crippen MR) is 52.1 cm³/mol. The topological polar surface area (TPSA) is 29.4 Å². The minimum Gasteiger partial charge on any atom is -0.245 e. The third kappa shape index (κ3) is 1.99. The second kappa shape index (κ2) is 3.46. The molecule has 66 valence electrons. The fourth-order valence-corrected chi connectivity index (χ4v) is 1.77. The Morgan fingerprint density at radius 1 is 1.33 bits per heavy atom. The molecular formula is C8H10ClNOS. The minimum atomic E-state index is -2.20. The summed E-state index contributed by atoms with van der Waals surface area (Å²) < 4.78 is 15.5. The largest absolute Gasteiger partial charge is 0.245 e. The number of benzene rings is 1. The lowest BCUT2D eigenvalue weighted by molar-refractivity contribution is 0.680. The molecule has 1 rings (SSSR count). The van der Waals surface area contributed by atoms with Crippen LogP contribution in [0.1, 0.15) is 0 Å². The van der Waals surface area contributed by atoms with Gasteiger partial charge >= 0.3 is 0 Å². The van der Waals surface area contributed by atoms with Crippen molar-refractivity contribution in [1.82, 2.24) is 0 Å². The van der Waals surface area contributed by atoms with E-state index in [1.54, 1.807) is 37.6 Å². The van der Waals surface area contributed by atoms with Crippen LogP contribution in [0.4, 0.5) is 0 Å². The smallest absolute Gasteiger partial charge is 0.0720 e. The van der Waals surface area contributed by atoms with Crippen molar-refractivity contribution >= 4 is 21.3 Å². The summed E-state index contributed by atoms with van der Waals surface area (Å²) in [6.45, 7) is 0. The molecule has 12 heavy (non-hydrogen) atoms. The van der Waals surface area contributed by atoms with E-state index >= 15 is 0 Å². The third-order valence-electron chi connectivity index (χ3n) is 1.60. The van der Waals surface area contributed by atoms with Crippen molar-refractivity contribution in [2.45, 2.75) is 4.90 Å². The Kier molecular flexibility index (Phi) is 2.75. The highest BCUT2D eigenvalue weighted by molar-refractivity contribution is 7.93. The lowest BCUT2D eigenvalue weighted by atomic mass is 10.4. The maximum atomic E-state index is 11.7. The fourth-order valence-electron chi connectivity index (χ4n) is 0.793. The molecule has 0 saturated carbocycles. The van der Waals surface area contributed by atoms with Crippen molar-refractivity contribution in [3.05, 3.63) is 29.3 Å². The molecule has 0 unspecified atom stereocenters. The van der Waals surface area contributed by atoms with Crippen molar-refractivity contribution < 1.29 is 4.21 Å². The molecule has 0 fully saturated rings. The summed E-state index contributed by atoms with van der Waals surface area (Å²) in [5.41, 5.74) is 0. The highest BCUT2D eigenvalue weighted by atomic mass is 35.5. The van der Waals surface area contributed by atoms with E-state index < -0.39 is 9.73 Å². The zero-order valence-corrected chi connectivity index (χ0v) is 8.52. The van der Waals surface area contributed by atoms with Gasteiger partial charge in [0.25, 0.3) is 0 Å². The van der Waals surface area contributed by atoms with Crippen LogP contribution in [0.15, 0.2) is 33.5 Å². The van der Waals surface area contributed by atoms with E-state index in [-0.39, 0.29) is 0 Å². The highest BCUT2D eigenvalue weighted by Crippen LogP contribution is 2.14. The number of halogens is 1. The molecule has 0 aliphatic carbocycles. The molecule has 0 aromatic heterocycles. The van der Waals surface area contributed by atoms with Crippen LogP contribution in [0.2, 0.25) is 5.02 Å². The van der Waals surface area contributed by atoms with Crippen molar-refractivity contribution in [2.75, 3.05) is 13.3 Å². The summed E-state index contributed by atoms with van der Waals surface area (Å²) in [6.07, 6.45) is 1.61. The Morgan fingerprint density at radius 3 is 2.25 bits per heavy atom. The van der Waals surface area contributed by atoms with E-state index in [1.165, 1.54) is 0 Å². The number of nitrogens with zero attached hydrogens (tertiary/aromatic N) is 1. The summed E-state index contributed by atoms with van der Waals surface area (Å²) in [4.78, 5) is 0.717. The molecule has 1 aromatic carbocycles. The predicted octanol–water partition coefficient (Wildman–Crippen LogP) is 2.43. The summed E-state index contributed by atoms with van der Waals surface area (Å²) in [5, 5.41) is 0.644. The number of hydrogen-bond donors (Lipinski definition) is 0. The fraction of sp³-hybridized carbons (Fsp3) is 0.250. The Morgan fingerprint density at radius 2 is 1.83 bits per heavy atom. The van der Waals surface area contributed by atoms with E-state index in [9.17, 15) is 4.21 Å². The molecule has 0 aliphatic heterocycles. The first-order chi connectivity index (χ1) is 5.56.